The number of carbonyl (C=O) groups excluding carboxylic acids is 1. The Morgan fingerprint density at radius 3 is 2.95 bits per heavy atom. The van der Waals surface area contributed by atoms with Gasteiger partial charge in [-0.25, -0.2) is 9.97 Å². The maximum Gasteiger partial charge on any atom is 0.275 e. The molecule has 0 radical (unpaired) electrons. The number of anilines is 1. The summed E-state index contributed by atoms with van der Waals surface area (Å²) < 4.78 is 5.40. The Morgan fingerprint density at radius 1 is 1.57 bits per heavy atom. The Hall–Kier alpha value is -1.69. The molecule has 1 atom stereocenters. The van der Waals surface area contributed by atoms with Crippen LogP contribution in [0.15, 0.2) is 6.20 Å². The highest BCUT2D eigenvalue weighted by molar-refractivity contribution is 5.97. The van der Waals surface area contributed by atoms with Gasteiger partial charge in [-0.15, -0.1) is 0 Å². The van der Waals surface area contributed by atoms with Crippen molar-refractivity contribution < 1.29 is 9.53 Å². The second-order valence-electron chi connectivity index (χ2n) is 5.60. The smallest absolute Gasteiger partial charge is 0.275 e. The van der Waals surface area contributed by atoms with Crippen molar-refractivity contribution in [1.29, 1.82) is 0 Å². The van der Waals surface area contributed by atoms with E-state index in [2.05, 4.69) is 15.3 Å². The Morgan fingerprint density at radius 2 is 2.33 bits per heavy atom. The maximum atomic E-state index is 12.8. The SMILES string of the molecule is CCNc1cnc(C(C)C)nc1C(=O)N1CCOCC1C. The van der Waals surface area contributed by atoms with Gasteiger partial charge < -0.3 is 15.0 Å². The molecule has 0 saturated carbocycles. The predicted molar refractivity (Wildman–Crippen MR) is 81.6 cm³/mol. The van der Waals surface area contributed by atoms with E-state index in [4.69, 9.17) is 4.74 Å². The van der Waals surface area contributed by atoms with Gasteiger partial charge in [0.1, 0.15) is 5.82 Å². The minimum absolute atomic E-state index is 0.0500. The first-order valence-electron chi connectivity index (χ1n) is 7.54. The summed E-state index contributed by atoms with van der Waals surface area (Å²) in [6.07, 6.45) is 1.71. The van der Waals surface area contributed by atoms with E-state index in [-0.39, 0.29) is 17.9 Å². The number of morpholine rings is 1. The van der Waals surface area contributed by atoms with Crippen LogP contribution in [0, 0.1) is 0 Å². The molecule has 1 aliphatic rings. The van der Waals surface area contributed by atoms with E-state index >= 15 is 0 Å². The number of hydrogen-bond acceptors (Lipinski definition) is 5. The molecule has 6 nitrogen and oxygen atoms in total. The quantitative estimate of drug-likeness (QED) is 0.918. The molecule has 1 saturated heterocycles. The van der Waals surface area contributed by atoms with E-state index in [0.717, 1.165) is 6.54 Å². The molecule has 0 aliphatic carbocycles. The molecule has 1 aromatic heterocycles. The molecule has 6 heteroatoms. The van der Waals surface area contributed by atoms with Crippen LogP contribution in [0.25, 0.3) is 0 Å². The van der Waals surface area contributed by atoms with Crippen molar-refractivity contribution in [2.24, 2.45) is 0 Å². The largest absolute Gasteiger partial charge is 0.382 e. The summed E-state index contributed by atoms with van der Waals surface area (Å²) >= 11 is 0. The molecule has 1 N–H and O–H groups in total. The lowest BCUT2D eigenvalue weighted by Crippen LogP contribution is -2.47. The van der Waals surface area contributed by atoms with Crippen LogP contribution in [0.3, 0.4) is 0 Å². The molecular formula is C15H24N4O2. The summed E-state index contributed by atoms with van der Waals surface area (Å²) in [4.78, 5) is 23.5. The molecule has 2 rings (SSSR count). The molecule has 0 bridgehead atoms. The number of hydrogen-bond donors (Lipinski definition) is 1. The summed E-state index contributed by atoms with van der Waals surface area (Å²) in [5.41, 5.74) is 1.16. The second kappa shape index (κ2) is 6.85. The Kier molecular flexibility index (Phi) is 5.12. The highest BCUT2D eigenvalue weighted by atomic mass is 16.5. The number of rotatable bonds is 4. The monoisotopic (exact) mass is 292 g/mol. The number of aromatic nitrogens is 2. The molecule has 116 valence electrons. The van der Waals surface area contributed by atoms with Gasteiger partial charge >= 0.3 is 0 Å². The van der Waals surface area contributed by atoms with Crippen molar-refractivity contribution in [1.82, 2.24) is 14.9 Å². The summed E-state index contributed by atoms with van der Waals surface area (Å²) in [5, 5.41) is 3.17. The third-order valence-electron chi connectivity index (χ3n) is 3.52. The maximum absolute atomic E-state index is 12.8. The predicted octanol–water partition coefficient (Wildman–Crippen LogP) is 1.89. The molecule has 0 aromatic carbocycles. The number of nitrogens with one attached hydrogen (secondary N) is 1. The minimum Gasteiger partial charge on any atom is -0.382 e. The summed E-state index contributed by atoms with van der Waals surface area (Å²) in [5.74, 6) is 0.835. The zero-order chi connectivity index (χ0) is 15.4. The molecule has 2 heterocycles. The lowest BCUT2D eigenvalue weighted by atomic mass is 10.1. The number of nitrogens with zero attached hydrogens (tertiary/aromatic N) is 3. The van der Waals surface area contributed by atoms with Crippen molar-refractivity contribution in [3.8, 4) is 0 Å². The Bertz CT molecular complexity index is 504. The van der Waals surface area contributed by atoms with E-state index in [0.29, 0.717) is 37.0 Å². The van der Waals surface area contributed by atoms with Crippen molar-refractivity contribution in [2.45, 2.75) is 39.7 Å². The number of carbonyl (C=O) groups is 1. The molecular weight excluding hydrogens is 268 g/mol. The van der Waals surface area contributed by atoms with Crippen molar-refractivity contribution in [3.63, 3.8) is 0 Å². The van der Waals surface area contributed by atoms with Gasteiger partial charge in [0.05, 0.1) is 31.1 Å². The van der Waals surface area contributed by atoms with E-state index in [9.17, 15) is 4.79 Å². The van der Waals surface area contributed by atoms with E-state index in [1.807, 2.05) is 32.6 Å². The normalized spacial score (nSPS) is 18.9. The first kappa shape index (κ1) is 15.7. The molecule has 21 heavy (non-hydrogen) atoms. The zero-order valence-electron chi connectivity index (χ0n) is 13.2. The van der Waals surface area contributed by atoms with Crippen LogP contribution in [0.1, 0.15) is 49.9 Å². The zero-order valence-corrected chi connectivity index (χ0v) is 13.2. The van der Waals surface area contributed by atoms with Gasteiger partial charge in [-0.2, -0.15) is 0 Å². The van der Waals surface area contributed by atoms with Gasteiger partial charge in [0.25, 0.3) is 5.91 Å². The van der Waals surface area contributed by atoms with Gasteiger partial charge in [0, 0.05) is 19.0 Å². The Labute approximate surface area is 125 Å². The van der Waals surface area contributed by atoms with E-state index in [1.165, 1.54) is 0 Å². The van der Waals surface area contributed by atoms with Gasteiger partial charge in [0.15, 0.2) is 5.69 Å². The third kappa shape index (κ3) is 3.50. The van der Waals surface area contributed by atoms with Crippen molar-refractivity contribution in [2.75, 3.05) is 31.6 Å². The lowest BCUT2D eigenvalue weighted by molar-refractivity contribution is 0.00330. The van der Waals surface area contributed by atoms with Crippen molar-refractivity contribution in [3.05, 3.63) is 17.7 Å². The van der Waals surface area contributed by atoms with Crippen LogP contribution in [0.4, 0.5) is 5.69 Å². The minimum atomic E-state index is -0.0500. The van der Waals surface area contributed by atoms with Crippen molar-refractivity contribution >= 4 is 11.6 Å². The average molecular weight is 292 g/mol. The molecule has 1 unspecified atom stereocenters. The molecule has 0 spiro atoms. The molecule has 1 fully saturated rings. The third-order valence-corrected chi connectivity index (χ3v) is 3.52. The summed E-state index contributed by atoms with van der Waals surface area (Å²) in [6, 6.07) is 0.0678. The second-order valence-corrected chi connectivity index (χ2v) is 5.60. The van der Waals surface area contributed by atoms with Crippen LogP contribution in [-0.2, 0) is 4.74 Å². The highest BCUT2D eigenvalue weighted by Crippen LogP contribution is 2.20. The van der Waals surface area contributed by atoms with Crippen LogP contribution in [-0.4, -0.2) is 53.1 Å². The van der Waals surface area contributed by atoms with Gasteiger partial charge in [0.2, 0.25) is 0 Å². The van der Waals surface area contributed by atoms with Crippen LogP contribution >= 0.6 is 0 Å². The molecule has 1 amide bonds. The summed E-state index contributed by atoms with van der Waals surface area (Å²) in [7, 11) is 0. The number of ether oxygens (including phenoxy) is 1. The van der Waals surface area contributed by atoms with E-state index in [1.54, 1.807) is 6.20 Å². The topological polar surface area (TPSA) is 67.4 Å². The summed E-state index contributed by atoms with van der Waals surface area (Å²) in [6.45, 7) is 10.5. The van der Waals surface area contributed by atoms with Crippen LogP contribution < -0.4 is 5.32 Å². The van der Waals surface area contributed by atoms with E-state index < -0.39 is 0 Å². The average Bonchev–Trinajstić information content (AvgIpc) is 2.47. The van der Waals surface area contributed by atoms with Crippen LogP contribution in [0.5, 0.6) is 0 Å². The molecule has 1 aliphatic heterocycles. The Balaban J connectivity index is 2.34. The first-order chi connectivity index (χ1) is 10.0. The standard InChI is InChI=1S/C15H24N4O2/c1-5-16-12-8-17-14(10(2)3)18-13(12)15(20)19-6-7-21-9-11(19)4/h8,10-11,16H,5-7,9H2,1-4H3. The highest BCUT2D eigenvalue weighted by Gasteiger charge is 2.28. The molecule has 1 aromatic rings. The fourth-order valence-corrected chi connectivity index (χ4v) is 2.32. The van der Waals surface area contributed by atoms with Crippen LogP contribution in [0.2, 0.25) is 0 Å². The van der Waals surface area contributed by atoms with Gasteiger partial charge in [-0.3, -0.25) is 4.79 Å². The fourth-order valence-electron chi connectivity index (χ4n) is 2.32. The lowest BCUT2D eigenvalue weighted by Gasteiger charge is -2.33. The first-order valence-corrected chi connectivity index (χ1v) is 7.54. The number of amides is 1. The fraction of sp³-hybridized carbons (Fsp3) is 0.667. The van der Waals surface area contributed by atoms with Gasteiger partial charge in [-0.05, 0) is 13.8 Å². The van der Waals surface area contributed by atoms with Gasteiger partial charge in [-0.1, -0.05) is 13.8 Å².